The molecule has 0 saturated carbocycles. The van der Waals surface area contributed by atoms with E-state index in [1.54, 1.807) is 0 Å². The number of rotatable bonds is 3. The number of aliphatic hydroxyl groups is 1. The first kappa shape index (κ1) is 15.7. The maximum absolute atomic E-state index is 11.1. The molecule has 2 N–H and O–H groups in total. The Balaban J connectivity index is 1.60. The quantitative estimate of drug-likeness (QED) is 0.839. The fraction of sp³-hybridized carbons (Fsp3) is 1.00. The zero-order chi connectivity index (χ0) is 14.8. The highest BCUT2D eigenvalue weighted by molar-refractivity contribution is 4.96. The Kier molecular flexibility index (Phi) is 4.89. The van der Waals surface area contributed by atoms with Crippen LogP contribution < -0.4 is 5.32 Å². The van der Waals surface area contributed by atoms with E-state index in [9.17, 15) is 5.11 Å². The standard InChI is InChI=1S/C17H31NO3/c1-16(19,13-15-4-2-3-8-18-15)14-5-9-21-17(12-14)6-10-20-11-7-17/h14-15,18-19H,2-13H2,1H3. The van der Waals surface area contributed by atoms with Crippen molar-refractivity contribution < 1.29 is 14.6 Å². The fourth-order valence-electron chi connectivity index (χ4n) is 4.41. The Morgan fingerprint density at radius 1 is 1.19 bits per heavy atom. The van der Waals surface area contributed by atoms with Crippen LogP contribution in [0, 0.1) is 5.92 Å². The molecule has 3 aliphatic rings. The van der Waals surface area contributed by atoms with Gasteiger partial charge < -0.3 is 19.9 Å². The minimum atomic E-state index is -0.579. The van der Waals surface area contributed by atoms with Crippen molar-refractivity contribution in [3.05, 3.63) is 0 Å². The second-order valence-electron chi connectivity index (χ2n) is 7.54. The molecular weight excluding hydrogens is 266 g/mol. The van der Waals surface area contributed by atoms with Crippen molar-refractivity contribution in [3.63, 3.8) is 0 Å². The van der Waals surface area contributed by atoms with E-state index in [2.05, 4.69) is 5.32 Å². The predicted octanol–water partition coefficient (Wildman–Crippen LogP) is 2.25. The minimum absolute atomic E-state index is 0.0227. The van der Waals surface area contributed by atoms with Gasteiger partial charge in [-0.25, -0.2) is 0 Å². The van der Waals surface area contributed by atoms with Gasteiger partial charge in [-0.3, -0.25) is 0 Å². The van der Waals surface area contributed by atoms with Crippen molar-refractivity contribution in [2.24, 2.45) is 5.92 Å². The van der Waals surface area contributed by atoms with Crippen molar-refractivity contribution >= 4 is 0 Å². The fourth-order valence-corrected chi connectivity index (χ4v) is 4.41. The molecule has 0 aromatic carbocycles. The molecular formula is C17H31NO3. The second kappa shape index (κ2) is 6.53. The van der Waals surface area contributed by atoms with Gasteiger partial charge in [-0.1, -0.05) is 6.42 Å². The Hall–Kier alpha value is -0.160. The molecule has 0 amide bonds. The molecule has 3 saturated heterocycles. The lowest BCUT2D eigenvalue weighted by molar-refractivity contribution is -0.174. The lowest BCUT2D eigenvalue weighted by Gasteiger charge is -2.48. The van der Waals surface area contributed by atoms with Gasteiger partial charge in [0.1, 0.15) is 0 Å². The first-order valence-electron chi connectivity index (χ1n) is 8.77. The van der Waals surface area contributed by atoms with Gasteiger partial charge in [0.05, 0.1) is 11.2 Å². The third-order valence-electron chi connectivity index (χ3n) is 5.85. The van der Waals surface area contributed by atoms with Gasteiger partial charge in [0.15, 0.2) is 0 Å². The van der Waals surface area contributed by atoms with Crippen LogP contribution in [-0.4, -0.2) is 48.7 Å². The molecule has 21 heavy (non-hydrogen) atoms. The maximum atomic E-state index is 11.1. The topological polar surface area (TPSA) is 50.7 Å². The van der Waals surface area contributed by atoms with E-state index in [-0.39, 0.29) is 5.60 Å². The molecule has 4 heteroatoms. The van der Waals surface area contributed by atoms with E-state index in [4.69, 9.17) is 9.47 Å². The molecule has 0 aliphatic carbocycles. The summed E-state index contributed by atoms with van der Waals surface area (Å²) < 4.78 is 11.6. The summed E-state index contributed by atoms with van der Waals surface area (Å²) in [5.41, 5.74) is -0.602. The molecule has 122 valence electrons. The highest BCUT2D eigenvalue weighted by atomic mass is 16.5. The summed E-state index contributed by atoms with van der Waals surface area (Å²) in [7, 11) is 0. The summed E-state index contributed by atoms with van der Waals surface area (Å²) >= 11 is 0. The average molecular weight is 297 g/mol. The van der Waals surface area contributed by atoms with E-state index >= 15 is 0 Å². The van der Waals surface area contributed by atoms with Crippen molar-refractivity contribution in [2.75, 3.05) is 26.4 Å². The van der Waals surface area contributed by atoms with Crippen LogP contribution in [0.2, 0.25) is 0 Å². The Morgan fingerprint density at radius 2 is 2.00 bits per heavy atom. The van der Waals surface area contributed by atoms with E-state index in [0.29, 0.717) is 12.0 Å². The number of ether oxygens (including phenoxy) is 2. The van der Waals surface area contributed by atoms with Gasteiger partial charge in [0.25, 0.3) is 0 Å². The van der Waals surface area contributed by atoms with Crippen molar-refractivity contribution in [2.45, 2.75) is 75.5 Å². The molecule has 0 radical (unpaired) electrons. The monoisotopic (exact) mass is 297 g/mol. The first-order valence-corrected chi connectivity index (χ1v) is 8.77. The van der Waals surface area contributed by atoms with Crippen LogP contribution in [-0.2, 0) is 9.47 Å². The van der Waals surface area contributed by atoms with Crippen LogP contribution in [0.1, 0.15) is 58.3 Å². The zero-order valence-electron chi connectivity index (χ0n) is 13.4. The molecule has 0 bridgehead atoms. The predicted molar refractivity (Wildman–Crippen MR) is 82.3 cm³/mol. The third kappa shape index (κ3) is 3.79. The summed E-state index contributed by atoms with van der Waals surface area (Å²) in [4.78, 5) is 0. The van der Waals surface area contributed by atoms with Gasteiger partial charge >= 0.3 is 0 Å². The maximum Gasteiger partial charge on any atom is 0.0730 e. The number of nitrogens with one attached hydrogen (secondary N) is 1. The highest BCUT2D eigenvalue weighted by Crippen LogP contribution is 2.42. The normalized spacial score (nSPS) is 36.3. The summed E-state index contributed by atoms with van der Waals surface area (Å²) in [6, 6.07) is 0.488. The van der Waals surface area contributed by atoms with Gasteiger partial charge in [0.2, 0.25) is 0 Å². The molecule has 3 atom stereocenters. The van der Waals surface area contributed by atoms with Crippen LogP contribution in [0.15, 0.2) is 0 Å². The van der Waals surface area contributed by atoms with Crippen molar-refractivity contribution in [1.82, 2.24) is 5.32 Å². The molecule has 4 nitrogen and oxygen atoms in total. The molecule has 3 rings (SSSR count). The molecule has 3 unspecified atom stereocenters. The molecule has 3 aliphatic heterocycles. The van der Waals surface area contributed by atoms with Crippen molar-refractivity contribution in [3.8, 4) is 0 Å². The van der Waals surface area contributed by atoms with Crippen molar-refractivity contribution in [1.29, 1.82) is 0 Å². The van der Waals surface area contributed by atoms with E-state index < -0.39 is 5.60 Å². The van der Waals surface area contributed by atoms with E-state index in [0.717, 1.165) is 58.5 Å². The molecule has 0 aromatic heterocycles. The van der Waals surface area contributed by atoms with Gasteiger partial charge in [-0.2, -0.15) is 0 Å². The van der Waals surface area contributed by atoms with Gasteiger partial charge in [-0.15, -0.1) is 0 Å². The second-order valence-corrected chi connectivity index (χ2v) is 7.54. The molecule has 1 spiro atoms. The summed E-state index contributed by atoms with van der Waals surface area (Å²) in [6.07, 6.45) is 8.62. The van der Waals surface area contributed by atoms with E-state index in [1.165, 1.54) is 19.3 Å². The number of piperidine rings is 1. The molecule has 3 heterocycles. The van der Waals surface area contributed by atoms with Crippen LogP contribution >= 0.6 is 0 Å². The lowest BCUT2D eigenvalue weighted by atomic mass is 9.71. The van der Waals surface area contributed by atoms with Gasteiger partial charge in [0, 0.05) is 25.9 Å². The van der Waals surface area contributed by atoms with Gasteiger partial charge in [-0.05, 0) is 64.3 Å². The zero-order valence-corrected chi connectivity index (χ0v) is 13.4. The summed E-state index contributed by atoms with van der Waals surface area (Å²) in [5.74, 6) is 0.355. The van der Waals surface area contributed by atoms with E-state index in [1.807, 2.05) is 6.92 Å². The molecule has 0 aromatic rings. The van der Waals surface area contributed by atoms with Crippen LogP contribution in [0.4, 0.5) is 0 Å². The Morgan fingerprint density at radius 3 is 2.71 bits per heavy atom. The Bertz CT molecular complexity index is 327. The smallest absolute Gasteiger partial charge is 0.0730 e. The average Bonchev–Trinajstić information content (AvgIpc) is 2.49. The summed E-state index contributed by atoms with van der Waals surface area (Å²) in [6.45, 7) is 5.55. The number of hydrogen-bond acceptors (Lipinski definition) is 4. The third-order valence-corrected chi connectivity index (χ3v) is 5.85. The first-order chi connectivity index (χ1) is 10.1. The Labute approximate surface area is 128 Å². The number of hydrogen-bond donors (Lipinski definition) is 2. The summed E-state index contributed by atoms with van der Waals surface area (Å²) in [5, 5.41) is 14.7. The lowest BCUT2D eigenvalue weighted by Crippen LogP contribution is -2.52. The van der Waals surface area contributed by atoms with Crippen LogP contribution in [0.5, 0.6) is 0 Å². The minimum Gasteiger partial charge on any atom is -0.390 e. The SMILES string of the molecule is CC(O)(CC1CCCCN1)C1CCOC2(CCOCC2)C1. The van der Waals surface area contributed by atoms with Crippen LogP contribution in [0.25, 0.3) is 0 Å². The van der Waals surface area contributed by atoms with Crippen LogP contribution in [0.3, 0.4) is 0 Å². The molecule has 3 fully saturated rings. The largest absolute Gasteiger partial charge is 0.390 e. The highest BCUT2D eigenvalue weighted by Gasteiger charge is 2.45.